The third-order valence-electron chi connectivity index (χ3n) is 6.13. The molecule has 172 valence electrons. The second-order valence-corrected chi connectivity index (χ2v) is 8.41. The molecule has 34 heavy (non-hydrogen) atoms. The van der Waals surface area contributed by atoms with Gasteiger partial charge in [-0.2, -0.15) is 10.1 Å². The predicted octanol–water partition coefficient (Wildman–Crippen LogP) is 5.65. The number of piperidine rings is 1. The maximum atomic E-state index is 12.9. The SMILES string of the molecule is CC1=NN(c2ccccc2)C(=O)C1=Cc1ccc(-c2ccc(N3CCCCC3)c([N+](=O)[O-])c2)o1. The van der Waals surface area contributed by atoms with Gasteiger partial charge in [-0.15, -0.1) is 0 Å². The summed E-state index contributed by atoms with van der Waals surface area (Å²) in [5, 5.41) is 17.5. The topological polar surface area (TPSA) is 92.2 Å². The number of nitro benzene ring substituents is 1. The molecule has 0 radical (unpaired) electrons. The van der Waals surface area contributed by atoms with E-state index in [9.17, 15) is 14.9 Å². The average Bonchev–Trinajstić information content (AvgIpc) is 3.45. The van der Waals surface area contributed by atoms with Gasteiger partial charge in [0.2, 0.25) is 0 Å². The van der Waals surface area contributed by atoms with E-state index in [1.54, 1.807) is 37.3 Å². The van der Waals surface area contributed by atoms with E-state index >= 15 is 0 Å². The lowest BCUT2D eigenvalue weighted by Crippen LogP contribution is -2.29. The molecule has 0 N–H and O–H groups in total. The number of nitrogens with zero attached hydrogens (tertiary/aromatic N) is 4. The molecule has 5 rings (SSSR count). The summed E-state index contributed by atoms with van der Waals surface area (Å²) in [5.74, 6) is 0.744. The third kappa shape index (κ3) is 4.10. The van der Waals surface area contributed by atoms with Gasteiger partial charge in [0, 0.05) is 24.7 Å². The monoisotopic (exact) mass is 456 g/mol. The van der Waals surface area contributed by atoms with Crippen molar-refractivity contribution < 1.29 is 14.1 Å². The Morgan fingerprint density at radius 3 is 2.53 bits per heavy atom. The molecular weight excluding hydrogens is 432 g/mol. The number of hydrazone groups is 1. The van der Waals surface area contributed by atoms with Gasteiger partial charge in [0.1, 0.15) is 17.2 Å². The second kappa shape index (κ2) is 8.97. The van der Waals surface area contributed by atoms with Crippen LogP contribution in [-0.2, 0) is 4.79 Å². The number of amides is 1. The van der Waals surface area contributed by atoms with E-state index in [-0.39, 0.29) is 16.5 Å². The Hall–Kier alpha value is -4.20. The predicted molar refractivity (Wildman–Crippen MR) is 132 cm³/mol. The Morgan fingerprint density at radius 2 is 1.79 bits per heavy atom. The zero-order valence-corrected chi connectivity index (χ0v) is 18.8. The standard InChI is InChI=1S/C26H24N4O4/c1-18-22(26(31)29(27-18)20-8-4-2-5-9-20)17-21-11-13-25(34-21)19-10-12-23(24(16-19)30(32)33)28-14-6-3-7-15-28/h2,4-5,8-13,16-17H,3,6-7,14-15H2,1H3. The number of furan rings is 1. The number of benzene rings is 2. The molecule has 1 aromatic heterocycles. The average molecular weight is 457 g/mol. The lowest BCUT2D eigenvalue weighted by Gasteiger charge is -2.28. The van der Waals surface area contributed by atoms with Crippen LogP contribution in [0.5, 0.6) is 0 Å². The molecule has 2 aliphatic heterocycles. The number of carbonyl (C=O) groups is 1. The van der Waals surface area contributed by atoms with Gasteiger partial charge < -0.3 is 9.32 Å². The van der Waals surface area contributed by atoms with Crippen LogP contribution >= 0.6 is 0 Å². The molecule has 0 spiro atoms. The van der Waals surface area contributed by atoms with Crippen LogP contribution in [0.25, 0.3) is 17.4 Å². The Bertz CT molecular complexity index is 1300. The van der Waals surface area contributed by atoms with E-state index < -0.39 is 0 Å². The summed E-state index contributed by atoms with van der Waals surface area (Å²) in [6.07, 6.45) is 4.89. The quantitative estimate of drug-likeness (QED) is 0.281. The number of hydrogen-bond acceptors (Lipinski definition) is 6. The van der Waals surface area contributed by atoms with E-state index in [1.807, 2.05) is 36.4 Å². The fourth-order valence-electron chi connectivity index (χ4n) is 4.38. The van der Waals surface area contributed by atoms with Gasteiger partial charge in [-0.1, -0.05) is 18.2 Å². The number of rotatable bonds is 5. The van der Waals surface area contributed by atoms with Crippen molar-refractivity contribution in [2.75, 3.05) is 23.0 Å². The highest BCUT2D eigenvalue weighted by Gasteiger charge is 2.29. The molecule has 0 bridgehead atoms. The van der Waals surface area contributed by atoms with Crippen LogP contribution in [0.3, 0.4) is 0 Å². The summed E-state index contributed by atoms with van der Waals surface area (Å²) in [6.45, 7) is 3.43. The molecule has 1 amide bonds. The van der Waals surface area contributed by atoms with Crippen molar-refractivity contribution >= 4 is 34.8 Å². The molecule has 3 aromatic rings. The van der Waals surface area contributed by atoms with E-state index in [1.165, 1.54) is 5.01 Å². The molecule has 8 nitrogen and oxygen atoms in total. The van der Waals surface area contributed by atoms with E-state index in [0.29, 0.717) is 39.7 Å². The molecular formula is C26H24N4O4. The highest BCUT2D eigenvalue weighted by Crippen LogP contribution is 2.35. The molecule has 3 heterocycles. The Morgan fingerprint density at radius 1 is 1.03 bits per heavy atom. The minimum atomic E-state index is -0.339. The van der Waals surface area contributed by atoms with Crippen molar-refractivity contribution in [1.29, 1.82) is 0 Å². The molecule has 1 saturated heterocycles. The van der Waals surface area contributed by atoms with Crippen LogP contribution in [0.2, 0.25) is 0 Å². The van der Waals surface area contributed by atoms with Gasteiger partial charge in [-0.05, 0) is 68.7 Å². The van der Waals surface area contributed by atoms with Crippen LogP contribution in [-0.4, -0.2) is 29.6 Å². The molecule has 0 unspecified atom stereocenters. The molecule has 0 saturated carbocycles. The highest BCUT2D eigenvalue weighted by atomic mass is 16.6. The van der Waals surface area contributed by atoms with E-state index in [2.05, 4.69) is 10.0 Å². The van der Waals surface area contributed by atoms with Gasteiger partial charge in [-0.3, -0.25) is 14.9 Å². The van der Waals surface area contributed by atoms with Gasteiger partial charge in [0.15, 0.2) is 0 Å². The first-order chi connectivity index (χ1) is 16.5. The smallest absolute Gasteiger partial charge is 0.293 e. The van der Waals surface area contributed by atoms with Gasteiger partial charge in [-0.25, -0.2) is 0 Å². The number of nitro groups is 1. The first-order valence-electron chi connectivity index (χ1n) is 11.3. The largest absolute Gasteiger partial charge is 0.457 e. The first-order valence-corrected chi connectivity index (χ1v) is 11.3. The minimum absolute atomic E-state index is 0.0724. The van der Waals surface area contributed by atoms with Crippen LogP contribution in [0.1, 0.15) is 31.9 Å². The maximum Gasteiger partial charge on any atom is 0.293 e. The molecule has 2 aromatic carbocycles. The van der Waals surface area contributed by atoms with Crippen LogP contribution in [0.4, 0.5) is 17.1 Å². The Balaban J connectivity index is 1.41. The molecule has 2 aliphatic rings. The van der Waals surface area contributed by atoms with Crippen molar-refractivity contribution in [2.45, 2.75) is 26.2 Å². The fourth-order valence-corrected chi connectivity index (χ4v) is 4.38. The fraction of sp³-hybridized carbons (Fsp3) is 0.231. The van der Waals surface area contributed by atoms with Crippen molar-refractivity contribution in [2.24, 2.45) is 5.10 Å². The van der Waals surface area contributed by atoms with Crippen LogP contribution in [0.15, 0.2) is 75.8 Å². The lowest BCUT2D eigenvalue weighted by atomic mass is 10.1. The summed E-state index contributed by atoms with van der Waals surface area (Å²) < 4.78 is 5.95. The maximum absolute atomic E-state index is 12.9. The van der Waals surface area contributed by atoms with Gasteiger partial charge in [0.05, 0.1) is 21.9 Å². The van der Waals surface area contributed by atoms with Gasteiger partial charge >= 0.3 is 0 Å². The first kappa shape index (κ1) is 21.6. The molecule has 1 fully saturated rings. The summed E-state index contributed by atoms with van der Waals surface area (Å²) >= 11 is 0. The summed E-state index contributed by atoms with van der Waals surface area (Å²) in [6, 6.07) is 17.9. The Labute approximate surface area is 196 Å². The van der Waals surface area contributed by atoms with Crippen molar-refractivity contribution in [1.82, 2.24) is 0 Å². The Kier molecular flexibility index (Phi) is 5.71. The minimum Gasteiger partial charge on any atom is -0.457 e. The second-order valence-electron chi connectivity index (χ2n) is 8.41. The highest BCUT2D eigenvalue weighted by molar-refractivity contribution is 6.32. The number of anilines is 2. The van der Waals surface area contributed by atoms with E-state index in [4.69, 9.17) is 4.42 Å². The number of para-hydroxylation sites is 1. The number of carbonyl (C=O) groups excluding carboxylic acids is 1. The summed E-state index contributed by atoms with van der Waals surface area (Å²) in [7, 11) is 0. The summed E-state index contributed by atoms with van der Waals surface area (Å²) in [5.41, 5.74) is 3.06. The molecule has 0 atom stereocenters. The molecule has 0 aliphatic carbocycles. The van der Waals surface area contributed by atoms with Crippen LogP contribution in [0, 0.1) is 10.1 Å². The van der Waals surface area contributed by atoms with E-state index in [0.717, 1.165) is 32.4 Å². The summed E-state index contributed by atoms with van der Waals surface area (Å²) in [4.78, 5) is 26.5. The van der Waals surface area contributed by atoms with Crippen molar-refractivity contribution in [3.05, 3.63) is 82.1 Å². The zero-order chi connectivity index (χ0) is 23.7. The van der Waals surface area contributed by atoms with Crippen molar-refractivity contribution in [3.63, 3.8) is 0 Å². The van der Waals surface area contributed by atoms with Gasteiger partial charge in [0.25, 0.3) is 11.6 Å². The third-order valence-corrected chi connectivity index (χ3v) is 6.13. The number of hydrogen-bond donors (Lipinski definition) is 0. The normalized spacial score (nSPS) is 17.4. The molecule has 8 heteroatoms. The lowest BCUT2D eigenvalue weighted by molar-refractivity contribution is -0.384. The van der Waals surface area contributed by atoms with Crippen LogP contribution < -0.4 is 9.91 Å². The zero-order valence-electron chi connectivity index (χ0n) is 18.8. The van der Waals surface area contributed by atoms with Crippen molar-refractivity contribution in [3.8, 4) is 11.3 Å².